The van der Waals surface area contributed by atoms with E-state index in [4.69, 9.17) is 14.5 Å². The molecular weight excluding hydrogens is 434 g/mol. The van der Waals surface area contributed by atoms with Crippen molar-refractivity contribution in [2.75, 3.05) is 19.0 Å². The van der Waals surface area contributed by atoms with E-state index >= 15 is 0 Å². The molecule has 2 saturated heterocycles. The topological polar surface area (TPSA) is 59.9 Å². The maximum atomic E-state index is 15.0. The zero-order chi connectivity index (χ0) is 22.1. The summed E-state index contributed by atoms with van der Waals surface area (Å²) in [6.45, 7) is 0.880. The molecule has 2 aromatic carbocycles. The number of carbonyl (C=O) groups excluding carboxylic acids is 1. The quantitative estimate of drug-likeness (QED) is 0.746. The summed E-state index contributed by atoms with van der Waals surface area (Å²) in [5.74, 6) is -0.970. The molecule has 2 fully saturated rings. The summed E-state index contributed by atoms with van der Waals surface area (Å²) in [6, 6.07) is 12.4. The number of hydrogen-bond acceptors (Lipinski definition) is 5. The second-order valence-corrected chi connectivity index (χ2v) is 9.44. The summed E-state index contributed by atoms with van der Waals surface area (Å²) < 4.78 is 40.6. The van der Waals surface area contributed by atoms with Crippen LogP contribution >= 0.6 is 11.8 Å². The van der Waals surface area contributed by atoms with Gasteiger partial charge in [-0.2, -0.15) is 0 Å². The van der Waals surface area contributed by atoms with Gasteiger partial charge in [-0.05, 0) is 37.5 Å². The number of thioether (sulfide) groups is 1. The van der Waals surface area contributed by atoms with Gasteiger partial charge >= 0.3 is 0 Å². The van der Waals surface area contributed by atoms with Crippen molar-refractivity contribution in [2.24, 2.45) is 10.9 Å². The molecule has 32 heavy (non-hydrogen) atoms. The van der Waals surface area contributed by atoms with E-state index < -0.39 is 17.2 Å². The van der Waals surface area contributed by atoms with E-state index in [-0.39, 0.29) is 30.6 Å². The van der Waals surface area contributed by atoms with E-state index in [1.165, 1.54) is 23.9 Å². The summed E-state index contributed by atoms with van der Waals surface area (Å²) in [7, 11) is 0. The Morgan fingerprint density at radius 1 is 1.12 bits per heavy atom. The molecule has 0 bridgehead atoms. The lowest BCUT2D eigenvalue weighted by Crippen LogP contribution is -2.53. The summed E-state index contributed by atoms with van der Waals surface area (Å²) in [5.41, 5.74) is -0.225. The van der Waals surface area contributed by atoms with E-state index in [9.17, 15) is 13.6 Å². The minimum atomic E-state index is -1.03. The first-order valence-electron chi connectivity index (χ1n) is 10.8. The predicted octanol–water partition coefficient (Wildman–Crippen LogP) is 4.28. The van der Waals surface area contributed by atoms with Crippen LogP contribution in [0.2, 0.25) is 0 Å². The minimum Gasteiger partial charge on any atom is -0.376 e. The molecule has 0 aliphatic carbocycles. The molecule has 1 N–H and O–H groups in total. The third-order valence-corrected chi connectivity index (χ3v) is 7.50. The van der Waals surface area contributed by atoms with Crippen LogP contribution in [0.1, 0.15) is 35.2 Å². The van der Waals surface area contributed by atoms with Gasteiger partial charge in [0, 0.05) is 35.5 Å². The van der Waals surface area contributed by atoms with Crippen molar-refractivity contribution in [1.29, 1.82) is 0 Å². The van der Waals surface area contributed by atoms with Crippen molar-refractivity contribution in [3.05, 3.63) is 71.3 Å². The molecule has 2 aromatic rings. The van der Waals surface area contributed by atoms with Gasteiger partial charge < -0.3 is 14.8 Å². The highest BCUT2D eigenvalue weighted by Crippen LogP contribution is 2.48. The molecule has 168 valence electrons. The standard InChI is InChI=1S/C24H24F2N2O3S/c25-17-8-9-18(19(26)12-17)24-14-31-21(20-7-4-10-30-20)11-16(24)13-32-23(28-24)27-22(29)15-5-2-1-3-6-15/h1-3,5-6,8-9,12,16,20-21H,4,7,10-11,13-14H2,(H,27,28,29)/t16-,20?,21+,24-/m0/s1. The zero-order valence-electron chi connectivity index (χ0n) is 17.4. The highest BCUT2D eigenvalue weighted by atomic mass is 32.2. The fourth-order valence-corrected chi connectivity index (χ4v) is 5.96. The van der Waals surface area contributed by atoms with Gasteiger partial charge in [0.25, 0.3) is 5.91 Å². The Balaban J connectivity index is 1.47. The Morgan fingerprint density at radius 2 is 1.97 bits per heavy atom. The first kappa shape index (κ1) is 21.6. The number of nitrogens with one attached hydrogen (secondary N) is 1. The number of carbonyl (C=O) groups is 1. The SMILES string of the molecule is O=C(NC1=N[C@@]2(c3ccc(F)cc3F)CO[C@@H](C3CCCO3)C[C@H]2CS1)c1ccccc1. The fourth-order valence-electron chi connectivity index (χ4n) is 4.79. The van der Waals surface area contributed by atoms with Crippen LogP contribution in [0.3, 0.4) is 0 Å². The number of benzene rings is 2. The van der Waals surface area contributed by atoms with Crippen molar-refractivity contribution in [3.8, 4) is 0 Å². The Hall–Kier alpha value is -2.29. The van der Waals surface area contributed by atoms with Gasteiger partial charge in [0.2, 0.25) is 0 Å². The van der Waals surface area contributed by atoms with Gasteiger partial charge in [0.05, 0.1) is 18.8 Å². The molecule has 8 heteroatoms. The molecule has 5 nitrogen and oxygen atoms in total. The maximum Gasteiger partial charge on any atom is 0.257 e. The van der Waals surface area contributed by atoms with Crippen LogP contribution in [0, 0.1) is 17.6 Å². The molecule has 3 heterocycles. The molecule has 0 radical (unpaired) electrons. The lowest BCUT2D eigenvalue weighted by Gasteiger charge is -2.47. The summed E-state index contributed by atoms with van der Waals surface area (Å²) in [6.07, 6.45) is 2.59. The average molecular weight is 459 g/mol. The number of aliphatic imine (C=N–C) groups is 1. The van der Waals surface area contributed by atoms with Crippen LogP contribution in [0.4, 0.5) is 8.78 Å². The van der Waals surface area contributed by atoms with Gasteiger partial charge in [0.15, 0.2) is 5.17 Å². The van der Waals surface area contributed by atoms with Crippen LogP contribution in [0.5, 0.6) is 0 Å². The number of amidine groups is 1. The molecule has 4 atom stereocenters. The fraction of sp³-hybridized carbons (Fsp3) is 0.417. The first-order chi connectivity index (χ1) is 15.5. The Kier molecular flexibility index (Phi) is 6.01. The summed E-state index contributed by atoms with van der Waals surface area (Å²) in [4.78, 5) is 17.5. The first-order valence-corrected chi connectivity index (χ1v) is 11.8. The zero-order valence-corrected chi connectivity index (χ0v) is 18.2. The highest BCUT2D eigenvalue weighted by Gasteiger charge is 2.51. The van der Waals surface area contributed by atoms with Crippen molar-refractivity contribution < 1.29 is 23.0 Å². The third kappa shape index (κ3) is 4.07. The van der Waals surface area contributed by atoms with Crippen molar-refractivity contribution in [2.45, 2.75) is 37.0 Å². The smallest absolute Gasteiger partial charge is 0.257 e. The predicted molar refractivity (Wildman–Crippen MR) is 119 cm³/mol. The van der Waals surface area contributed by atoms with Crippen LogP contribution in [0.25, 0.3) is 0 Å². The normalized spacial score (nSPS) is 29.8. The van der Waals surface area contributed by atoms with Gasteiger partial charge in [-0.15, -0.1) is 0 Å². The van der Waals surface area contributed by atoms with E-state index in [1.807, 2.05) is 6.07 Å². The minimum absolute atomic E-state index is 0.0345. The van der Waals surface area contributed by atoms with Gasteiger partial charge in [-0.1, -0.05) is 36.0 Å². The van der Waals surface area contributed by atoms with Crippen LogP contribution in [-0.2, 0) is 15.0 Å². The number of amides is 1. The molecule has 0 saturated carbocycles. The van der Waals surface area contributed by atoms with E-state index in [1.54, 1.807) is 24.3 Å². The molecule has 3 aliphatic heterocycles. The molecule has 0 spiro atoms. The Bertz CT molecular complexity index is 1030. The van der Waals surface area contributed by atoms with E-state index in [0.29, 0.717) is 28.5 Å². The number of ether oxygens (including phenoxy) is 2. The largest absolute Gasteiger partial charge is 0.376 e. The second-order valence-electron chi connectivity index (χ2n) is 8.43. The molecule has 5 rings (SSSR count). The highest BCUT2D eigenvalue weighted by molar-refractivity contribution is 8.13. The molecule has 3 aliphatic rings. The second kappa shape index (κ2) is 8.92. The van der Waals surface area contributed by atoms with Crippen molar-refractivity contribution in [3.63, 3.8) is 0 Å². The van der Waals surface area contributed by atoms with Crippen molar-refractivity contribution >= 4 is 22.8 Å². The lowest BCUT2D eigenvalue weighted by molar-refractivity contribution is -0.113. The average Bonchev–Trinajstić information content (AvgIpc) is 3.34. The molecule has 0 aromatic heterocycles. The maximum absolute atomic E-state index is 15.0. The summed E-state index contributed by atoms with van der Waals surface area (Å²) in [5, 5.41) is 3.27. The van der Waals surface area contributed by atoms with E-state index in [2.05, 4.69) is 5.32 Å². The van der Waals surface area contributed by atoms with Crippen LogP contribution < -0.4 is 5.32 Å². The number of halogens is 2. The van der Waals surface area contributed by atoms with Gasteiger partial charge in [0.1, 0.15) is 17.2 Å². The lowest BCUT2D eigenvalue weighted by atomic mass is 9.74. The number of rotatable bonds is 3. The Morgan fingerprint density at radius 3 is 2.72 bits per heavy atom. The number of nitrogens with zero attached hydrogens (tertiary/aromatic N) is 1. The summed E-state index contributed by atoms with van der Waals surface area (Å²) >= 11 is 1.44. The monoisotopic (exact) mass is 458 g/mol. The molecule has 1 unspecified atom stereocenters. The third-order valence-electron chi connectivity index (χ3n) is 6.47. The van der Waals surface area contributed by atoms with Gasteiger partial charge in [-0.3, -0.25) is 4.79 Å². The Labute approximate surface area is 189 Å². The number of fused-ring (bicyclic) bond motifs is 1. The van der Waals surface area contributed by atoms with Crippen molar-refractivity contribution in [1.82, 2.24) is 5.32 Å². The van der Waals surface area contributed by atoms with E-state index in [0.717, 1.165) is 25.5 Å². The number of hydrogen-bond donors (Lipinski definition) is 1. The molecular formula is C24H24F2N2O3S. The van der Waals surface area contributed by atoms with Crippen LogP contribution in [0.15, 0.2) is 53.5 Å². The van der Waals surface area contributed by atoms with Gasteiger partial charge in [-0.25, -0.2) is 13.8 Å². The van der Waals surface area contributed by atoms with Crippen LogP contribution in [-0.4, -0.2) is 42.2 Å². The molecule has 1 amide bonds.